The van der Waals surface area contributed by atoms with E-state index in [2.05, 4.69) is 48.4 Å². The van der Waals surface area contributed by atoms with Gasteiger partial charge >= 0.3 is 0 Å². The third-order valence-electron chi connectivity index (χ3n) is 4.47. The molecule has 1 aromatic heterocycles. The van der Waals surface area contributed by atoms with Crippen molar-refractivity contribution >= 4 is 0 Å². The molecule has 0 saturated carbocycles. The summed E-state index contributed by atoms with van der Waals surface area (Å²) in [7, 11) is 0. The standard InChI is InChI=1S/C23H27N3O/c1-17(2)25-16-19-6-10-20(11-7-19)22-14-15-24-23(26-22)5-3-4-18-8-12-21(27)13-9-18/h6-15,17,25,27H,3-5,16H2,1-2H3. The van der Waals surface area contributed by atoms with E-state index in [1.165, 1.54) is 11.1 Å². The van der Waals surface area contributed by atoms with Crippen LogP contribution in [0.4, 0.5) is 0 Å². The highest BCUT2D eigenvalue weighted by molar-refractivity contribution is 5.59. The zero-order valence-electron chi connectivity index (χ0n) is 16.0. The summed E-state index contributed by atoms with van der Waals surface area (Å²) in [5, 5.41) is 12.8. The van der Waals surface area contributed by atoms with Gasteiger partial charge in [-0.3, -0.25) is 0 Å². The summed E-state index contributed by atoms with van der Waals surface area (Å²) >= 11 is 0. The Bertz CT molecular complexity index is 842. The van der Waals surface area contributed by atoms with Crippen LogP contribution in [-0.4, -0.2) is 21.1 Å². The fourth-order valence-corrected chi connectivity index (χ4v) is 2.91. The van der Waals surface area contributed by atoms with Crippen molar-refractivity contribution in [2.75, 3.05) is 0 Å². The number of aromatic hydroxyl groups is 1. The average molecular weight is 361 g/mol. The lowest BCUT2D eigenvalue weighted by atomic mass is 10.1. The van der Waals surface area contributed by atoms with Crippen LogP contribution in [0.15, 0.2) is 60.8 Å². The van der Waals surface area contributed by atoms with Gasteiger partial charge in [0.15, 0.2) is 0 Å². The molecule has 0 unspecified atom stereocenters. The molecule has 0 spiro atoms. The predicted molar refractivity (Wildman–Crippen MR) is 110 cm³/mol. The highest BCUT2D eigenvalue weighted by Crippen LogP contribution is 2.18. The molecule has 0 amide bonds. The van der Waals surface area contributed by atoms with Crippen molar-refractivity contribution in [3.8, 4) is 17.0 Å². The van der Waals surface area contributed by atoms with Crippen molar-refractivity contribution in [3.63, 3.8) is 0 Å². The molecule has 1 heterocycles. The van der Waals surface area contributed by atoms with Crippen LogP contribution in [0.2, 0.25) is 0 Å². The normalized spacial score (nSPS) is 11.1. The Morgan fingerprint density at radius 3 is 2.30 bits per heavy atom. The number of aryl methyl sites for hydroxylation is 2. The van der Waals surface area contributed by atoms with Crippen LogP contribution in [0.25, 0.3) is 11.3 Å². The molecule has 140 valence electrons. The number of hydrogen-bond donors (Lipinski definition) is 2. The van der Waals surface area contributed by atoms with Crippen molar-refractivity contribution in [3.05, 3.63) is 77.7 Å². The summed E-state index contributed by atoms with van der Waals surface area (Å²) in [6, 6.07) is 18.4. The van der Waals surface area contributed by atoms with Gasteiger partial charge in [0.1, 0.15) is 11.6 Å². The van der Waals surface area contributed by atoms with Gasteiger partial charge < -0.3 is 10.4 Å². The van der Waals surface area contributed by atoms with Gasteiger partial charge in [-0.1, -0.05) is 50.2 Å². The fraction of sp³-hybridized carbons (Fsp3) is 0.304. The SMILES string of the molecule is CC(C)NCc1ccc(-c2ccnc(CCCc3ccc(O)cc3)n2)cc1. The van der Waals surface area contributed by atoms with E-state index in [9.17, 15) is 5.11 Å². The molecule has 0 fully saturated rings. The lowest BCUT2D eigenvalue weighted by Gasteiger charge is -2.09. The van der Waals surface area contributed by atoms with E-state index in [1.807, 2.05) is 24.4 Å². The summed E-state index contributed by atoms with van der Waals surface area (Å²) in [5.74, 6) is 1.18. The number of rotatable bonds is 8. The maximum atomic E-state index is 9.35. The number of phenolic OH excluding ortho intramolecular Hbond substituents is 1. The van der Waals surface area contributed by atoms with E-state index < -0.39 is 0 Å². The fourth-order valence-electron chi connectivity index (χ4n) is 2.91. The van der Waals surface area contributed by atoms with Crippen LogP contribution < -0.4 is 5.32 Å². The molecule has 0 aliphatic heterocycles. The maximum Gasteiger partial charge on any atom is 0.128 e. The first-order valence-electron chi connectivity index (χ1n) is 9.52. The van der Waals surface area contributed by atoms with Crippen molar-refractivity contribution in [2.45, 2.75) is 45.7 Å². The predicted octanol–water partition coefficient (Wildman–Crippen LogP) is 4.52. The molecule has 0 aliphatic carbocycles. The summed E-state index contributed by atoms with van der Waals surface area (Å²) in [6.07, 6.45) is 4.61. The highest BCUT2D eigenvalue weighted by Gasteiger charge is 2.04. The quantitative estimate of drug-likeness (QED) is 0.619. The topological polar surface area (TPSA) is 58.0 Å². The molecule has 27 heavy (non-hydrogen) atoms. The highest BCUT2D eigenvalue weighted by atomic mass is 16.3. The van der Waals surface area contributed by atoms with Gasteiger partial charge in [-0.05, 0) is 42.2 Å². The number of phenols is 1. The smallest absolute Gasteiger partial charge is 0.128 e. The van der Waals surface area contributed by atoms with Gasteiger partial charge in [0.05, 0.1) is 5.69 Å². The van der Waals surface area contributed by atoms with Crippen LogP contribution in [0.3, 0.4) is 0 Å². The Hall–Kier alpha value is -2.72. The van der Waals surface area contributed by atoms with Gasteiger partial charge in [-0.25, -0.2) is 9.97 Å². The van der Waals surface area contributed by atoms with Gasteiger partial charge in [0, 0.05) is 30.8 Å². The summed E-state index contributed by atoms with van der Waals surface area (Å²) in [6.45, 7) is 5.18. The van der Waals surface area contributed by atoms with Gasteiger partial charge in [0.25, 0.3) is 0 Å². The number of benzene rings is 2. The maximum absolute atomic E-state index is 9.35. The molecule has 2 N–H and O–H groups in total. The van der Waals surface area contributed by atoms with Crippen LogP contribution in [0.1, 0.15) is 37.2 Å². The second kappa shape index (κ2) is 9.28. The number of nitrogens with zero attached hydrogens (tertiary/aromatic N) is 2. The summed E-state index contributed by atoms with van der Waals surface area (Å²) in [5.41, 5.74) is 4.57. The molecule has 4 heteroatoms. The Morgan fingerprint density at radius 1 is 0.889 bits per heavy atom. The lowest BCUT2D eigenvalue weighted by Crippen LogP contribution is -2.21. The second-order valence-electron chi connectivity index (χ2n) is 7.11. The van der Waals surface area contributed by atoms with E-state index in [0.29, 0.717) is 11.8 Å². The molecular weight excluding hydrogens is 334 g/mol. The molecule has 0 atom stereocenters. The van der Waals surface area contributed by atoms with Crippen LogP contribution in [-0.2, 0) is 19.4 Å². The largest absolute Gasteiger partial charge is 0.508 e. The monoisotopic (exact) mass is 361 g/mol. The molecule has 3 rings (SSSR count). The first-order valence-corrected chi connectivity index (χ1v) is 9.52. The molecule has 0 bridgehead atoms. The number of nitrogens with one attached hydrogen (secondary N) is 1. The van der Waals surface area contributed by atoms with Crippen LogP contribution >= 0.6 is 0 Å². The molecule has 0 aliphatic rings. The molecule has 3 aromatic rings. The van der Waals surface area contributed by atoms with E-state index in [-0.39, 0.29) is 0 Å². The Balaban J connectivity index is 1.58. The Kier molecular flexibility index (Phi) is 6.55. The lowest BCUT2D eigenvalue weighted by molar-refractivity contribution is 0.475. The third-order valence-corrected chi connectivity index (χ3v) is 4.47. The van der Waals surface area contributed by atoms with Crippen LogP contribution in [0, 0.1) is 0 Å². The van der Waals surface area contributed by atoms with E-state index in [1.54, 1.807) is 12.1 Å². The second-order valence-corrected chi connectivity index (χ2v) is 7.11. The molecular formula is C23H27N3O. The zero-order valence-corrected chi connectivity index (χ0v) is 16.0. The first-order chi connectivity index (χ1) is 13.1. The summed E-state index contributed by atoms with van der Waals surface area (Å²) in [4.78, 5) is 9.14. The Morgan fingerprint density at radius 2 is 1.59 bits per heavy atom. The number of aromatic nitrogens is 2. The van der Waals surface area contributed by atoms with Crippen LogP contribution in [0.5, 0.6) is 5.75 Å². The van der Waals surface area contributed by atoms with Crippen molar-refractivity contribution in [2.24, 2.45) is 0 Å². The van der Waals surface area contributed by atoms with E-state index in [0.717, 1.165) is 42.9 Å². The van der Waals surface area contributed by atoms with Crippen molar-refractivity contribution in [1.29, 1.82) is 0 Å². The van der Waals surface area contributed by atoms with Crippen molar-refractivity contribution in [1.82, 2.24) is 15.3 Å². The minimum Gasteiger partial charge on any atom is -0.508 e. The minimum atomic E-state index is 0.306. The minimum absolute atomic E-state index is 0.306. The van der Waals surface area contributed by atoms with Gasteiger partial charge in [-0.2, -0.15) is 0 Å². The summed E-state index contributed by atoms with van der Waals surface area (Å²) < 4.78 is 0. The molecule has 0 radical (unpaired) electrons. The first kappa shape index (κ1) is 19.1. The molecule has 2 aromatic carbocycles. The van der Waals surface area contributed by atoms with E-state index >= 15 is 0 Å². The third kappa shape index (κ3) is 5.90. The Labute approximate surface area is 161 Å². The van der Waals surface area contributed by atoms with Gasteiger partial charge in [-0.15, -0.1) is 0 Å². The molecule has 4 nitrogen and oxygen atoms in total. The van der Waals surface area contributed by atoms with Crippen molar-refractivity contribution < 1.29 is 5.11 Å². The van der Waals surface area contributed by atoms with E-state index in [4.69, 9.17) is 4.98 Å². The van der Waals surface area contributed by atoms with Gasteiger partial charge in [0.2, 0.25) is 0 Å². The zero-order chi connectivity index (χ0) is 19.1. The average Bonchev–Trinajstić information content (AvgIpc) is 2.68. The molecule has 0 saturated heterocycles. The number of hydrogen-bond acceptors (Lipinski definition) is 4.